The van der Waals surface area contributed by atoms with Crippen molar-refractivity contribution in [3.8, 4) is 0 Å². The number of carbonyl (C=O) groups is 1. The Hall–Kier alpha value is -0.620. The topological polar surface area (TPSA) is 75.3 Å². The number of nitrogens with one attached hydrogen (secondary N) is 2. The minimum Gasteiger partial charge on any atom is -0.355 e. The van der Waals surface area contributed by atoms with E-state index in [0.29, 0.717) is 6.42 Å². The number of hydrogen-bond acceptors (Lipinski definition) is 3. The third-order valence-electron chi connectivity index (χ3n) is 2.72. The Labute approximate surface area is 97.0 Å². The summed E-state index contributed by atoms with van der Waals surface area (Å²) in [6.07, 6.45) is 4.44. The first-order chi connectivity index (χ1) is 7.53. The second kappa shape index (κ2) is 6.20. The molecule has 2 N–H and O–H groups in total. The van der Waals surface area contributed by atoms with E-state index in [1.54, 1.807) is 6.92 Å². The van der Waals surface area contributed by atoms with Crippen LogP contribution >= 0.6 is 0 Å². The Bertz CT molecular complexity index is 321. The van der Waals surface area contributed by atoms with Crippen LogP contribution in [0.15, 0.2) is 0 Å². The van der Waals surface area contributed by atoms with Gasteiger partial charge < -0.3 is 5.32 Å². The molecule has 1 fully saturated rings. The first-order valence-electron chi connectivity index (χ1n) is 5.80. The highest BCUT2D eigenvalue weighted by Crippen LogP contribution is 2.18. The highest BCUT2D eigenvalue weighted by Gasteiger charge is 2.20. The smallest absolute Gasteiger partial charge is 0.219 e. The van der Waals surface area contributed by atoms with Crippen molar-refractivity contribution in [1.82, 2.24) is 10.0 Å². The number of carbonyl (C=O) groups excluding carboxylic acids is 1. The van der Waals surface area contributed by atoms with Crippen LogP contribution in [0, 0.1) is 0 Å². The second-order valence-corrected chi connectivity index (χ2v) is 6.00. The van der Waals surface area contributed by atoms with Crippen LogP contribution in [0.1, 0.15) is 39.0 Å². The first-order valence-corrected chi connectivity index (χ1v) is 7.45. The quantitative estimate of drug-likeness (QED) is 0.713. The highest BCUT2D eigenvalue weighted by atomic mass is 32.2. The van der Waals surface area contributed by atoms with Gasteiger partial charge in [-0.15, -0.1) is 0 Å². The number of rotatable bonds is 6. The van der Waals surface area contributed by atoms with Gasteiger partial charge in [0.25, 0.3) is 0 Å². The summed E-state index contributed by atoms with van der Waals surface area (Å²) in [6.45, 7) is 1.93. The van der Waals surface area contributed by atoms with Crippen molar-refractivity contribution in [1.29, 1.82) is 0 Å². The normalized spacial score (nSPS) is 17.6. The maximum absolute atomic E-state index is 11.6. The van der Waals surface area contributed by atoms with Crippen LogP contribution in [-0.4, -0.2) is 32.7 Å². The standard InChI is InChI=1S/C10H20N2O3S/c1-2-10(13)11-7-8-16(14,15)12-9-5-3-4-6-9/h9,12H,2-8H2,1H3,(H,11,13). The predicted octanol–water partition coefficient (Wildman–Crippen LogP) is 0.375. The van der Waals surface area contributed by atoms with Gasteiger partial charge in [-0.05, 0) is 12.8 Å². The molecule has 16 heavy (non-hydrogen) atoms. The molecule has 0 radical (unpaired) electrons. The predicted molar refractivity (Wildman–Crippen MR) is 62.5 cm³/mol. The van der Waals surface area contributed by atoms with E-state index < -0.39 is 10.0 Å². The zero-order chi connectivity index (χ0) is 12.0. The van der Waals surface area contributed by atoms with Gasteiger partial charge >= 0.3 is 0 Å². The highest BCUT2D eigenvalue weighted by molar-refractivity contribution is 7.89. The summed E-state index contributed by atoms with van der Waals surface area (Å²) in [4.78, 5) is 10.9. The van der Waals surface area contributed by atoms with Crippen LogP contribution in [0.25, 0.3) is 0 Å². The van der Waals surface area contributed by atoms with Crippen LogP contribution in [0.5, 0.6) is 0 Å². The van der Waals surface area contributed by atoms with Crippen molar-refractivity contribution in [3.63, 3.8) is 0 Å². The zero-order valence-corrected chi connectivity index (χ0v) is 10.5. The number of sulfonamides is 1. The van der Waals surface area contributed by atoms with E-state index in [9.17, 15) is 13.2 Å². The largest absolute Gasteiger partial charge is 0.355 e. The lowest BCUT2D eigenvalue weighted by atomic mass is 10.3. The van der Waals surface area contributed by atoms with Crippen molar-refractivity contribution in [2.75, 3.05) is 12.3 Å². The van der Waals surface area contributed by atoms with E-state index in [4.69, 9.17) is 0 Å². The van der Waals surface area contributed by atoms with E-state index in [1.807, 2.05) is 0 Å². The summed E-state index contributed by atoms with van der Waals surface area (Å²) in [5.41, 5.74) is 0. The Morgan fingerprint density at radius 1 is 1.31 bits per heavy atom. The van der Waals surface area contributed by atoms with Gasteiger partial charge in [0, 0.05) is 19.0 Å². The fraction of sp³-hybridized carbons (Fsp3) is 0.900. The van der Waals surface area contributed by atoms with Gasteiger partial charge in [0.1, 0.15) is 0 Å². The molecule has 5 nitrogen and oxygen atoms in total. The molecule has 0 aromatic rings. The molecule has 0 heterocycles. The van der Waals surface area contributed by atoms with E-state index in [2.05, 4.69) is 10.0 Å². The third-order valence-corrected chi connectivity index (χ3v) is 4.15. The maximum Gasteiger partial charge on any atom is 0.219 e. The van der Waals surface area contributed by atoms with Gasteiger partial charge in [-0.25, -0.2) is 13.1 Å². The van der Waals surface area contributed by atoms with Gasteiger partial charge in [-0.1, -0.05) is 19.8 Å². The summed E-state index contributed by atoms with van der Waals surface area (Å²) in [6, 6.07) is 0.104. The van der Waals surface area contributed by atoms with E-state index >= 15 is 0 Å². The van der Waals surface area contributed by atoms with Crippen LogP contribution in [-0.2, 0) is 14.8 Å². The Balaban J connectivity index is 2.25. The van der Waals surface area contributed by atoms with Crippen molar-refractivity contribution in [2.24, 2.45) is 0 Å². The lowest BCUT2D eigenvalue weighted by Crippen LogP contribution is -2.38. The molecule has 0 aromatic heterocycles. The van der Waals surface area contributed by atoms with Crippen molar-refractivity contribution in [3.05, 3.63) is 0 Å². The van der Waals surface area contributed by atoms with Gasteiger partial charge in [-0.3, -0.25) is 4.79 Å². The average Bonchev–Trinajstić information content (AvgIpc) is 2.69. The summed E-state index contributed by atoms with van der Waals surface area (Å²) in [7, 11) is -3.23. The van der Waals surface area contributed by atoms with Crippen molar-refractivity contribution < 1.29 is 13.2 Å². The summed E-state index contributed by atoms with van der Waals surface area (Å²) < 4.78 is 25.9. The molecule has 0 aromatic carbocycles. The molecule has 1 saturated carbocycles. The summed E-state index contributed by atoms with van der Waals surface area (Å²) in [5.74, 6) is -0.147. The Morgan fingerprint density at radius 3 is 2.50 bits per heavy atom. The van der Waals surface area contributed by atoms with E-state index in [1.165, 1.54) is 0 Å². The summed E-state index contributed by atoms with van der Waals surface area (Å²) in [5, 5.41) is 2.56. The van der Waals surface area contributed by atoms with Crippen LogP contribution < -0.4 is 10.0 Å². The molecular weight excluding hydrogens is 228 g/mol. The van der Waals surface area contributed by atoms with E-state index in [0.717, 1.165) is 25.7 Å². The van der Waals surface area contributed by atoms with Crippen molar-refractivity contribution >= 4 is 15.9 Å². The fourth-order valence-electron chi connectivity index (χ4n) is 1.81. The SMILES string of the molecule is CCC(=O)NCCS(=O)(=O)NC1CCCC1. The molecule has 0 spiro atoms. The van der Waals surface area contributed by atoms with Crippen LogP contribution in [0.2, 0.25) is 0 Å². The lowest BCUT2D eigenvalue weighted by Gasteiger charge is -2.12. The molecule has 1 amide bonds. The second-order valence-electron chi connectivity index (χ2n) is 4.12. The first kappa shape index (κ1) is 13.4. The van der Waals surface area contributed by atoms with Crippen LogP contribution in [0.4, 0.5) is 0 Å². The minimum absolute atomic E-state index is 0.0325. The molecule has 0 bridgehead atoms. The fourth-order valence-corrected chi connectivity index (χ4v) is 3.04. The van der Waals surface area contributed by atoms with Gasteiger partial charge in [0.2, 0.25) is 15.9 Å². The van der Waals surface area contributed by atoms with Crippen molar-refractivity contribution in [2.45, 2.75) is 45.1 Å². The zero-order valence-electron chi connectivity index (χ0n) is 9.66. The minimum atomic E-state index is -3.23. The number of amides is 1. The maximum atomic E-state index is 11.6. The molecule has 94 valence electrons. The summed E-state index contributed by atoms with van der Waals surface area (Å²) >= 11 is 0. The third kappa shape index (κ3) is 4.94. The number of hydrogen-bond donors (Lipinski definition) is 2. The molecule has 0 saturated heterocycles. The van der Waals surface area contributed by atoms with Gasteiger partial charge in [0.15, 0.2) is 0 Å². The molecular formula is C10H20N2O3S. The molecule has 6 heteroatoms. The molecule has 0 aliphatic heterocycles. The molecule has 1 aliphatic carbocycles. The van der Waals surface area contributed by atoms with Gasteiger partial charge in [-0.2, -0.15) is 0 Å². The molecule has 1 rings (SSSR count). The average molecular weight is 248 g/mol. The monoisotopic (exact) mass is 248 g/mol. The van der Waals surface area contributed by atoms with E-state index in [-0.39, 0.29) is 24.2 Å². The van der Waals surface area contributed by atoms with Gasteiger partial charge in [0.05, 0.1) is 5.75 Å². The molecule has 0 atom stereocenters. The van der Waals surface area contributed by atoms with Crippen LogP contribution in [0.3, 0.4) is 0 Å². The molecule has 0 unspecified atom stereocenters. The molecule has 1 aliphatic rings. The Kier molecular flexibility index (Phi) is 5.21. The Morgan fingerprint density at radius 2 is 1.94 bits per heavy atom. The lowest BCUT2D eigenvalue weighted by molar-refractivity contribution is -0.120.